The Bertz CT molecular complexity index is 933. The molecule has 3 aromatic rings. The number of hydrogen-bond acceptors (Lipinski definition) is 5. The molecule has 0 aliphatic rings. The van der Waals surface area contributed by atoms with E-state index in [-0.39, 0.29) is 16.6 Å². The van der Waals surface area contributed by atoms with Crippen molar-refractivity contribution in [3.05, 3.63) is 58.8 Å². The summed E-state index contributed by atoms with van der Waals surface area (Å²) in [4.78, 5) is 24.0. The zero-order chi connectivity index (χ0) is 17.3. The van der Waals surface area contributed by atoms with E-state index >= 15 is 0 Å². The summed E-state index contributed by atoms with van der Waals surface area (Å²) in [6.45, 7) is 1.87. The Morgan fingerprint density at radius 2 is 2.04 bits per heavy atom. The molecule has 0 saturated heterocycles. The van der Waals surface area contributed by atoms with Crippen molar-refractivity contribution in [1.82, 2.24) is 15.0 Å². The number of rotatable bonds is 4. The maximum absolute atomic E-state index is 13.3. The van der Waals surface area contributed by atoms with Crippen LogP contribution < -0.4 is 11.1 Å². The van der Waals surface area contributed by atoms with E-state index in [9.17, 15) is 9.18 Å². The lowest BCUT2D eigenvalue weighted by molar-refractivity contribution is 0.100. The summed E-state index contributed by atoms with van der Waals surface area (Å²) < 4.78 is 13.3. The van der Waals surface area contributed by atoms with Gasteiger partial charge in [-0.2, -0.15) is 0 Å². The molecular weight excluding hydrogens is 333 g/mol. The van der Waals surface area contributed by atoms with Crippen molar-refractivity contribution in [3.63, 3.8) is 0 Å². The first-order valence-electron chi connectivity index (χ1n) is 7.08. The zero-order valence-electron chi connectivity index (χ0n) is 12.6. The summed E-state index contributed by atoms with van der Waals surface area (Å²) >= 11 is 5.82. The van der Waals surface area contributed by atoms with E-state index in [1.54, 1.807) is 12.1 Å². The Balaban J connectivity index is 1.99. The van der Waals surface area contributed by atoms with Crippen molar-refractivity contribution in [2.75, 3.05) is 5.32 Å². The van der Waals surface area contributed by atoms with E-state index in [0.29, 0.717) is 16.9 Å². The summed E-state index contributed by atoms with van der Waals surface area (Å²) in [5.41, 5.74) is 7.19. The summed E-state index contributed by atoms with van der Waals surface area (Å²) in [6, 6.07) is 5.76. The van der Waals surface area contributed by atoms with Gasteiger partial charge in [-0.25, -0.2) is 14.4 Å². The topological polar surface area (TPSA) is 93.8 Å². The predicted octanol–water partition coefficient (Wildman–Crippen LogP) is 3.09. The minimum absolute atomic E-state index is 0.0443. The van der Waals surface area contributed by atoms with Gasteiger partial charge in [-0.15, -0.1) is 0 Å². The van der Waals surface area contributed by atoms with Crippen molar-refractivity contribution >= 4 is 34.4 Å². The van der Waals surface area contributed by atoms with Gasteiger partial charge in [0.15, 0.2) is 5.82 Å². The number of nitrogens with one attached hydrogen (secondary N) is 1. The number of amides is 1. The van der Waals surface area contributed by atoms with Gasteiger partial charge < -0.3 is 11.1 Å². The Hall–Kier alpha value is -2.80. The van der Waals surface area contributed by atoms with Gasteiger partial charge in [0.2, 0.25) is 0 Å². The number of hydrogen-bond donors (Lipinski definition) is 2. The SMILES string of the molecule is C[C@H](Nc1ncnc2c(C(N)=O)ccnc12)c1ccc(F)c(Cl)c1. The summed E-state index contributed by atoms with van der Waals surface area (Å²) in [5, 5.41) is 3.21. The van der Waals surface area contributed by atoms with Crippen molar-refractivity contribution in [2.24, 2.45) is 5.73 Å². The van der Waals surface area contributed by atoms with Crippen LogP contribution in [0.25, 0.3) is 11.0 Å². The molecule has 0 radical (unpaired) electrons. The lowest BCUT2D eigenvalue weighted by atomic mass is 10.1. The third-order valence-electron chi connectivity index (χ3n) is 3.58. The molecule has 122 valence electrons. The maximum Gasteiger partial charge on any atom is 0.251 e. The monoisotopic (exact) mass is 345 g/mol. The number of halogens is 2. The lowest BCUT2D eigenvalue weighted by Crippen LogP contribution is -2.14. The highest BCUT2D eigenvalue weighted by Gasteiger charge is 2.15. The van der Waals surface area contributed by atoms with Gasteiger partial charge in [0.25, 0.3) is 5.91 Å². The average Bonchev–Trinajstić information content (AvgIpc) is 2.57. The number of carbonyl (C=O) groups excluding carboxylic acids is 1. The molecule has 1 aromatic carbocycles. The zero-order valence-corrected chi connectivity index (χ0v) is 13.4. The first kappa shape index (κ1) is 16.1. The summed E-state index contributed by atoms with van der Waals surface area (Å²) in [5.74, 6) is -0.630. The molecule has 0 bridgehead atoms. The van der Waals surface area contributed by atoms with Crippen LogP contribution in [0.5, 0.6) is 0 Å². The first-order valence-corrected chi connectivity index (χ1v) is 7.46. The van der Waals surface area contributed by atoms with Gasteiger partial charge in [-0.05, 0) is 30.7 Å². The van der Waals surface area contributed by atoms with Crippen LogP contribution >= 0.6 is 11.6 Å². The van der Waals surface area contributed by atoms with Crippen molar-refractivity contribution in [1.29, 1.82) is 0 Å². The molecule has 1 amide bonds. The molecular formula is C16H13ClFN5O. The Labute approximate surface area is 141 Å². The number of aromatic nitrogens is 3. The van der Waals surface area contributed by atoms with Crippen LogP contribution in [0, 0.1) is 5.82 Å². The van der Waals surface area contributed by atoms with Crippen LogP contribution in [0.15, 0.2) is 36.8 Å². The van der Waals surface area contributed by atoms with Crippen LogP contribution in [-0.2, 0) is 0 Å². The smallest absolute Gasteiger partial charge is 0.251 e. The van der Waals surface area contributed by atoms with E-state index in [2.05, 4.69) is 20.3 Å². The van der Waals surface area contributed by atoms with E-state index in [4.69, 9.17) is 17.3 Å². The fourth-order valence-electron chi connectivity index (χ4n) is 2.34. The van der Waals surface area contributed by atoms with Gasteiger partial charge in [-0.3, -0.25) is 9.78 Å². The largest absolute Gasteiger partial charge is 0.366 e. The molecule has 0 unspecified atom stereocenters. The average molecular weight is 346 g/mol. The van der Waals surface area contributed by atoms with Crippen molar-refractivity contribution in [2.45, 2.75) is 13.0 Å². The van der Waals surface area contributed by atoms with E-state index in [0.717, 1.165) is 5.56 Å². The van der Waals surface area contributed by atoms with Gasteiger partial charge in [0, 0.05) is 6.20 Å². The van der Waals surface area contributed by atoms with Crippen LogP contribution in [0.2, 0.25) is 5.02 Å². The van der Waals surface area contributed by atoms with Gasteiger partial charge in [0.05, 0.1) is 16.6 Å². The Morgan fingerprint density at radius 1 is 1.25 bits per heavy atom. The summed E-state index contributed by atoms with van der Waals surface area (Å²) in [6.07, 6.45) is 2.79. The molecule has 24 heavy (non-hydrogen) atoms. The molecule has 3 rings (SSSR count). The molecule has 3 N–H and O–H groups in total. The lowest BCUT2D eigenvalue weighted by Gasteiger charge is -2.16. The fourth-order valence-corrected chi connectivity index (χ4v) is 2.53. The number of nitrogens with two attached hydrogens (primary N) is 1. The van der Waals surface area contributed by atoms with Gasteiger partial charge >= 0.3 is 0 Å². The third kappa shape index (κ3) is 2.98. The molecule has 0 aliphatic carbocycles. The second-order valence-corrected chi connectivity index (χ2v) is 5.59. The van der Waals surface area contributed by atoms with Crippen LogP contribution in [0.3, 0.4) is 0 Å². The molecule has 0 saturated carbocycles. The minimum atomic E-state index is -0.592. The van der Waals surface area contributed by atoms with Crippen LogP contribution in [0.1, 0.15) is 28.9 Å². The highest BCUT2D eigenvalue weighted by atomic mass is 35.5. The second-order valence-electron chi connectivity index (χ2n) is 5.18. The molecule has 0 aliphatic heterocycles. The molecule has 8 heteroatoms. The number of pyridine rings is 1. The maximum atomic E-state index is 13.3. The molecule has 6 nitrogen and oxygen atoms in total. The number of primary amides is 1. The molecule has 2 aromatic heterocycles. The second kappa shape index (κ2) is 6.37. The molecule has 0 spiro atoms. The Morgan fingerprint density at radius 3 is 2.75 bits per heavy atom. The van der Waals surface area contributed by atoms with E-state index < -0.39 is 11.7 Å². The molecule has 2 heterocycles. The Kier molecular flexibility index (Phi) is 4.26. The van der Waals surface area contributed by atoms with E-state index in [1.165, 1.54) is 24.7 Å². The number of fused-ring (bicyclic) bond motifs is 1. The van der Waals surface area contributed by atoms with Gasteiger partial charge in [0.1, 0.15) is 23.2 Å². The highest BCUT2D eigenvalue weighted by Crippen LogP contribution is 2.26. The predicted molar refractivity (Wildman–Crippen MR) is 89.3 cm³/mol. The third-order valence-corrected chi connectivity index (χ3v) is 3.87. The quantitative estimate of drug-likeness (QED) is 0.757. The minimum Gasteiger partial charge on any atom is -0.366 e. The van der Waals surface area contributed by atoms with Crippen LogP contribution in [0.4, 0.5) is 10.2 Å². The van der Waals surface area contributed by atoms with Gasteiger partial charge in [-0.1, -0.05) is 17.7 Å². The standard InChI is InChI=1S/C16H13ClFN5O/c1-8(9-2-3-12(18)11(17)6-9)23-16-14-13(21-7-22-16)10(15(19)24)4-5-20-14/h2-8H,1H3,(H2,19,24)(H,21,22,23)/t8-/m0/s1. The number of benzene rings is 1. The van der Waals surface area contributed by atoms with Crippen LogP contribution in [-0.4, -0.2) is 20.9 Å². The number of anilines is 1. The van der Waals surface area contributed by atoms with Crippen molar-refractivity contribution in [3.8, 4) is 0 Å². The first-order chi connectivity index (χ1) is 11.5. The number of carbonyl (C=O) groups is 1. The normalized spacial score (nSPS) is 12.1. The highest BCUT2D eigenvalue weighted by molar-refractivity contribution is 6.30. The van der Waals surface area contributed by atoms with E-state index in [1.807, 2.05) is 6.92 Å². The number of nitrogens with zero attached hydrogens (tertiary/aromatic N) is 3. The molecule has 0 fully saturated rings. The van der Waals surface area contributed by atoms with Crippen molar-refractivity contribution < 1.29 is 9.18 Å². The fraction of sp³-hybridized carbons (Fsp3) is 0.125. The molecule has 1 atom stereocenters. The summed E-state index contributed by atoms with van der Waals surface area (Å²) in [7, 11) is 0.